The number of nitrogen functional groups attached to an aromatic ring is 1. The van der Waals surface area contributed by atoms with E-state index in [4.69, 9.17) is 5.73 Å². The van der Waals surface area contributed by atoms with Crippen LogP contribution in [0.5, 0.6) is 0 Å². The highest BCUT2D eigenvalue weighted by atomic mass is 14.7. The Morgan fingerprint density at radius 2 is 2.06 bits per heavy atom. The summed E-state index contributed by atoms with van der Waals surface area (Å²) in [5, 5.41) is 1.20. The van der Waals surface area contributed by atoms with Gasteiger partial charge < -0.3 is 5.73 Å². The summed E-state index contributed by atoms with van der Waals surface area (Å²) in [5.41, 5.74) is 10.4. The van der Waals surface area contributed by atoms with Gasteiger partial charge in [-0.05, 0) is 41.7 Å². The molecule has 16 heavy (non-hydrogen) atoms. The number of hydrogen-bond donors (Lipinski definition) is 1. The minimum atomic E-state index is 0.497. The van der Waals surface area contributed by atoms with Crippen LogP contribution in [0.4, 0.5) is 5.69 Å². The first-order chi connectivity index (χ1) is 7.63. The lowest BCUT2D eigenvalue weighted by Gasteiger charge is -2.12. The van der Waals surface area contributed by atoms with Crippen LogP contribution in [0.3, 0.4) is 0 Å². The van der Waals surface area contributed by atoms with Crippen molar-refractivity contribution >= 4 is 16.6 Å². The van der Waals surface area contributed by atoms with Gasteiger partial charge in [-0.3, -0.25) is 4.98 Å². The van der Waals surface area contributed by atoms with Gasteiger partial charge in [0.2, 0.25) is 0 Å². The molecular weight excluding hydrogens is 196 g/mol. The third kappa shape index (κ3) is 1.75. The van der Waals surface area contributed by atoms with E-state index in [0.717, 1.165) is 17.6 Å². The molecule has 0 aliphatic heterocycles. The fourth-order valence-electron chi connectivity index (χ4n) is 2.07. The first-order valence-electron chi connectivity index (χ1n) is 5.80. The molecule has 2 aromatic rings. The number of aryl methyl sites for hydroxylation is 1. The van der Waals surface area contributed by atoms with Crippen LogP contribution in [0.1, 0.15) is 37.8 Å². The van der Waals surface area contributed by atoms with Gasteiger partial charge in [0.15, 0.2) is 0 Å². The van der Waals surface area contributed by atoms with E-state index in [9.17, 15) is 0 Å². The zero-order valence-corrected chi connectivity index (χ0v) is 10.1. The Morgan fingerprint density at radius 3 is 2.69 bits per heavy atom. The maximum absolute atomic E-state index is 6.04. The number of fused-ring (bicyclic) bond motifs is 1. The van der Waals surface area contributed by atoms with E-state index in [1.54, 1.807) is 0 Å². The Kier molecular flexibility index (Phi) is 2.82. The number of pyridine rings is 1. The molecule has 0 spiro atoms. The van der Waals surface area contributed by atoms with E-state index < -0.39 is 0 Å². The van der Waals surface area contributed by atoms with E-state index in [1.165, 1.54) is 16.5 Å². The molecule has 0 aliphatic carbocycles. The van der Waals surface area contributed by atoms with Crippen LogP contribution in [0.15, 0.2) is 24.4 Å². The summed E-state index contributed by atoms with van der Waals surface area (Å²) in [6, 6.07) is 6.33. The van der Waals surface area contributed by atoms with Crippen molar-refractivity contribution in [3.05, 3.63) is 35.5 Å². The van der Waals surface area contributed by atoms with Gasteiger partial charge in [0, 0.05) is 11.6 Å². The SMILES string of the molecule is CCc1cc(N)c2nccc(C(C)C)c2c1. The van der Waals surface area contributed by atoms with Gasteiger partial charge in [0.1, 0.15) is 0 Å². The molecule has 2 N–H and O–H groups in total. The van der Waals surface area contributed by atoms with Crippen LogP contribution >= 0.6 is 0 Å². The monoisotopic (exact) mass is 214 g/mol. The average Bonchev–Trinajstić information content (AvgIpc) is 2.28. The van der Waals surface area contributed by atoms with Crippen molar-refractivity contribution in [3.8, 4) is 0 Å². The molecule has 0 amide bonds. The van der Waals surface area contributed by atoms with Crippen molar-refractivity contribution in [2.24, 2.45) is 0 Å². The number of nitrogens with two attached hydrogens (primary N) is 1. The standard InChI is InChI=1S/C14H18N2/c1-4-10-7-12-11(9(2)3)5-6-16-14(12)13(15)8-10/h5-9H,4,15H2,1-3H3. The van der Waals surface area contributed by atoms with Crippen LogP contribution in [-0.4, -0.2) is 4.98 Å². The molecule has 0 unspecified atom stereocenters. The highest BCUT2D eigenvalue weighted by Crippen LogP contribution is 2.28. The molecule has 0 bridgehead atoms. The van der Waals surface area contributed by atoms with Crippen LogP contribution in [-0.2, 0) is 6.42 Å². The first kappa shape index (κ1) is 10.9. The molecule has 0 saturated carbocycles. The maximum atomic E-state index is 6.04. The summed E-state index contributed by atoms with van der Waals surface area (Å²) < 4.78 is 0. The molecule has 0 fully saturated rings. The highest BCUT2D eigenvalue weighted by Gasteiger charge is 2.08. The lowest BCUT2D eigenvalue weighted by atomic mass is 9.96. The largest absolute Gasteiger partial charge is 0.397 e. The van der Waals surface area contributed by atoms with E-state index in [-0.39, 0.29) is 0 Å². The van der Waals surface area contributed by atoms with Crippen molar-refractivity contribution < 1.29 is 0 Å². The van der Waals surface area contributed by atoms with Gasteiger partial charge in [0.05, 0.1) is 11.2 Å². The molecule has 2 nitrogen and oxygen atoms in total. The summed E-state index contributed by atoms with van der Waals surface area (Å²) in [7, 11) is 0. The van der Waals surface area contributed by atoms with E-state index in [0.29, 0.717) is 5.92 Å². The van der Waals surface area contributed by atoms with Crippen LogP contribution < -0.4 is 5.73 Å². The van der Waals surface area contributed by atoms with Crippen LogP contribution in [0, 0.1) is 0 Å². The third-order valence-electron chi connectivity index (χ3n) is 3.00. The number of hydrogen-bond acceptors (Lipinski definition) is 2. The molecule has 1 aromatic heterocycles. The Hall–Kier alpha value is -1.57. The van der Waals surface area contributed by atoms with E-state index >= 15 is 0 Å². The second kappa shape index (κ2) is 4.12. The van der Waals surface area contributed by atoms with E-state index in [2.05, 4.69) is 37.9 Å². The molecule has 1 aromatic carbocycles. The molecule has 0 radical (unpaired) electrons. The number of benzene rings is 1. The van der Waals surface area contributed by atoms with Crippen LogP contribution in [0.2, 0.25) is 0 Å². The third-order valence-corrected chi connectivity index (χ3v) is 3.00. The summed E-state index contributed by atoms with van der Waals surface area (Å²) in [5.74, 6) is 0.497. The van der Waals surface area contributed by atoms with Crippen molar-refractivity contribution in [3.63, 3.8) is 0 Å². The van der Waals surface area contributed by atoms with Crippen molar-refractivity contribution in [1.29, 1.82) is 0 Å². The molecular formula is C14H18N2. The minimum absolute atomic E-state index is 0.497. The maximum Gasteiger partial charge on any atom is 0.0934 e. The zero-order valence-electron chi connectivity index (χ0n) is 10.1. The molecule has 2 heteroatoms. The quantitative estimate of drug-likeness (QED) is 0.777. The van der Waals surface area contributed by atoms with Crippen molar-refractivity contribution in [2.45, 2.75) is 33.1 Å². The van der Waals surface area contributed by atoms with Gasteiger partial charge in [-0.1, -0.05) is 20.8 Å². The first-order valence-corrected chi connectivity index (χ1v) is 5.80. The predicted molar refractivity (Wildman–Crippen MR) is 69.6 cm³/mol. The molecule has 0 atom stereocenters. The highest BCUT2D eigenvalue weighted by molar-refractivity contribution is 5.92. The van der Waals surface area contributed by atoms with Crippen LogP contribution in [0.25, 0.3) is 10.9 Å². The summed E-state index contributed by atoms with van der Waals surface area (Å²) in [4.78, 5) is 4.37. The smallest absolute Gasteiger partial charge is 0.0934 e. The summed E-state index contributed by atoms with van der Waals surface area (Å²) in [6.45, 7) is 6.54. The zero-order chi connectivity index (χ0) is 11.7. The predicted octanol–water partition coefficient (Wildman–Crippen LogP) is 3.50. The second-order valence-electron chi connectivity index (χ2n) is 4.49. The van der Waals surface area contributed by atoms with Gasteiger partial charge in [-0.25, -0.2) is 0 Å². The molecule has 0 saturated heterocycles. The summed E-state index contributed by atoms with van der Waals surface area (Å²) in [6.07, 6.45) is 2.85. The molecule has 2 rings (SSSR count). The molecule has 0 aliphatic rings. The molecule has 1 heterocycles. The number of aromatic nitrogens is 1. The van der Waals surface area contributed by atoms with Gasteiger partial charge in [-0.2, -0.15) is 0 Å². The Bertz CT molecular complexity index is 515. The lowest BCUT2D eigenvalue weighted by molar-refractivity contribution is 0.874. The normalized spacial score (nSPS) is 11.2. The number of rotatable bonds is 2. The van der Waals surface area contributed by atoms with Crippen molar-refractivity contribution in [1.82, 2.24) is 4.98 Å². The Labute approximate surface area is 96.5 Å². The number of nitrogens with zero attached hydrogens (tertiary/aromatic N) is 1. The van der Waals surface area contributed by atoms with Gasteiger partial charge >= 0.3 is 0 Å². The Balaban J connectivity index is 2.79. The lowest BCUT2D eigenvalue weighted by Crippen LogP contribution is -1.97. The fourth-order valence-corrected chi connectivity index (χ4v) is 2.07. The number of anilines is 1. The molecule has 84 valence electrons. The Morgan fingerprint density at radius 1 is 1.31 bits per heavy atom. The fraction of sp³-hybridized carbons (Fsp3) is 0.357. The summed E-state index contributed by atoms with van der Waals surface area (Å²) >= 11 is 0. The minimum Gasteiger partial charge on any atom is -0.397 e. The second-order valence-corrected chi connectivity index (χ2v) is 4.49. The average molecular weight is 214 g/mol. The van der Waals surface area contributed by atoms with E-state index in [1.807, 2.05) is 12.3 Å². The van der Waals surface area contributed by atoms with Gasteiger partial charge in [-0.15, -0.1) is 0 Å². The topological polar surface area (TPSA) is 38.9 Å². The van der Waals surface area contributed by atoms with Crippen molar-refractivity contribution in [2.75, 3.05) is 5.73 Å². The van der Waals surface area contributed by atoms with Gasteiger partial charge in [0.25, 0.3) is 0 Å².